The van der Waals surface area contributed by atoms with Gasteiger partial charge in [-0.3, -0.25) is 0 Å². The summed E-state index contributed by atoms with van der Waals surface area (Å²) in [5, 5.41) is 3.20. The van der Waals surface area contributed by atoms with Gasteiger partial charge in [0.05, 0.1) is 4.90 Å². The molecular formula is C14H22N2O2S. The minimum atomic E-state index is -3.39. The number of hydrogen-bond acceptors (Lipinski definition) is 3. The van der Waals surface area contributed by atoms with Crippen LogP contribution in [0.2, 0.25) is 0 Å². The predicted octanol–water partition coefficient (Wildman–Crippen LogP) is 1.79. The smallest absolute Gasteiger partial charge is 0.243 e. The second-order valence-corrected chi connectivity index (χ2v) is 7.39. The number of nitrogens with one attached hydrogen (secondary N) is 1. The third-order valence-corrected chi connectivity index (χ3v) is 5.66. The molecule has 1 saturated heterocycles. The average Bonchev–Trinajstić information content (AvgIpc) is 2.91. The predicted molar refractivity (Wildman–Crippen MR) is 76.8 cm³/mol. The number of nitrogens with zero attached hydrogens (tertiary/aromatic N) is 1. The van der Waals surface area contributed by atoms with Gasteiger partial charge >= 0.3 is 0 Å². The molecule has 0 aromatic heterocycles. The first-order chi connectivity index (χ1) is 8.93. The first kappa shape index (κ1) is 14.5. The third-order valence-electron chi connectivity index (χ3n) is 3.75. The number of likely N-dealkylation sites (N-methyl/N-ethyl adjacent to an activating group) is 1. The lowest BCUT2D eigenvalue weighted by Crippen LogP contribution is -2.38. The van der Waals surface area contributed by atoms with Gasteiger partial charge in [-0.2, -0.15) is 4.31 Å². The molecule has 1 unspecified atom stereocenters. The van der Waals surface area contributed by atoms with Crippen molar-refractivity contribution in [3.8, 4) is 0 Å². The molecule has 1 N–H and O–H groups in total. The lowest BCUT2D eigenvalue weighted by atomic mass is 10.0. The molecule has 1 fully saturated rings. The van der Waals surface area contributed by atoms with Crippen molar-refractivity contribution in [3.63, 3.8) is 0 Å². The molecule has 2 rings (SSSR count). The highest BCUT2D eigenvalue weighted by molar-refractivity contribution is 7.89. The molecule has 1 atom stereocenters. The van der Waals surface area contributed by atoms with E-state index in [0.29, 0.717) is 10.8 Å². The van der Waals surface area contributed by atoms with Crippen molar-refractivity contribution in [1.82, 2.24) is 9.62 Å². The molecule has 1 heterocycles. The van der Waals surface area contributed by atoms with E-state index in [9.17, 15) is 8.42 Å². The topological polar surface area (TPSA) is 49.4 Å². The van der Waals surface area contributed by atoms with Crippen molar-refractivity contribution >= 4 is 10.0 Å². The summed E-state index contributed by atoms with van der Waals surface area (Å²) in [6.07, 6.45) is 0.875. The van der Waals surface area contributed by atoms with Crippen LogP contribution in [0.3, 0.4) is 0 Å². The quantitative estimate of drug-likeness (QED) is 0.916. The van der Waals surface area contributed by atoms with E-state index in [0.717, 1.165) is 25.1 Å². The number of benzene rings is 1. The summed E-state index contributed by atoms with van der Waals surface area (Å²) in [7, 11) is -1.71. The van der Waals surface area contributed by atoms with E-state index in [1.54, 1.807) is 19.2 Å². The summed E-state index contributed by atoms with van der Waals surface area (Å²) in [6.45, 7) is 5.75. The van der Waals surface area contributed by atoms with Crippen LogP contribution in [0.25, 0.3) is 0 Å². The standard InChI is InChI=1S/C14H22N2O2S/c1-11(2)12-5-4-6-14(9-12)19(17,18)16(3)13-7-8-15-10-13/h4-6,9,11,13,15H,7-8,10H2,1-3H3. The van der Waals surface area contributed by atoms with E-state index in [2.05, 4.69) is 19.2 Å². The van der Waals surface area contributed by atoms with E-state index in [4.69, 9.17) is 0 Å². The highest BCUT2D eigenvalue weighted by Crippen LogP contribution is 2.23. The van der Waals surface area contributed by atoms with E-state index in [1.807, 2.05) is 12.1 Å². The summed E-state index contributed by atoms with van der Waals surface area (Å²) >= 11 is 0. The fourth-order valence-corrected chi connectivity index (χ4v) is 3.79. The van der Waals surface area contributed by atoms with Crippen LogP contribution in [0.1, 0.15) is 31.7 Å². The van der Waals surface area contributed by atoms with Gasteiger partial charge in [0.25, 0.3) is 0 Å². The summed E-state index contributed by atoms with van der Waals surface area (Å²) in [5.74, 6) is 0.327. The second kappa shape index (κ2) is 5.61. The lowest BCUT2D eigenvalue weighted by Gasteiger charge is -2.23. The van der Waals surface area contributed by atoms with Crippen LogP contribution in [0, 0.1) is 0 Å². The van der Waals surface area contributed by atoms with Crippen LogP contribution in [-0.2, 0) is 10.0 Å². The van der Waals surface area contributed by atoms with Gasteiger partial charge in [0.1, 0.15) is 0 Å². The van der Waals surface area contributed by atoms with Gasteiger partial charge in [0.2, 0.25) is 10.0 Å². The van der Waals surface area contributed by atoms with Crippen molar-refractivity contribution in [2.24, 2.45) is 0 Å². The van der Waals surface area contributed by atoms with Crippen LogP contribution in [0.4, 0.5) is 0 Å². The Balaban J connectivity index is 2.30. The highest BCUT2D eigenvalue weighted by atomic mass is 32.2. The van der Waals surface area contributed by atoms with Crippen molar-refractivity contribution in [3.05, 3.63) is 29.8 Å². The second-order valence-electron chi connectivity index (χ2n) is 5.40. The summed E-state index contributed by atoms with van der Waals surface area (Å²) in [5.41, 5.74) is 1.05. The number of rotatable bonds is 4. The first-order valence-corrected chi connectivity index (χ1v) is 8.15. The van der Waals surface area contributed by atoms with Gasteiger partial charge in [-0.05, 0) is 36.6 Å². The van der Waals surface area contributed by atoms with E-state index in [1.165, 1.54) is 4.31 Å². The van der Waals surface area contributed by atoms with Crippen LogP contribution in [0.5, 0.6) is 0 Å². The average molecular weight is 282 g/mol. The summed E-state index contributed by atoms with van der Waals surface area (Å²) in [4.78, 5) is 0.396. The van der Waals surface area contributed by atoms with E-state index in [-0.39, 0.29) is 6.04 Å². The van der Waals surface area contributed by atoms with Gasteiger partial charge in [0.15, 0.2) is 0 Å². The van der Waals surface area contributed by atoms with Crippen molar-refractivity contribution in [2.75, 3.05) is 20.1 Å². The molecule has 0 radical (unpaired) electrons. The molecule has 4 nitrogen and oxygen atoms in total. The van der Waals surface area contributed by atoms with Crippen molar-refractivity contribution in [2.45, 2.75) is 37.1 Å². The largest absolute Gasteiger partial charge is 0.315 e. The monoisotopic (exact) mass is 282 g/mol. The van der Waals surface area contributed by atoms with Gasteiger partial charge in [0, 0.05) is 19.6 Å². The van der Waals surface area contributed by atoms with E-state index < -0.39 is 10.0 Å². The minimum absolute atomic E-state index is 0.0627. The maximum Gasteiger partial charge on any atom is 0.243 e. The Hall–Kier alpha value is -0.910. The fraction of sp³-hybridized carbons (Fsp3) is 0.571. The molecule has 19 heavy (non-hydrogen) atoms. The summed E-state index contributed by atoms with van der Waals surface area (Å²) in [6, 6.07) is 7.33. The van der Waals surface area contributed by atoms with Crippen LogP contribution in [0.15, 0.2) is 29.2 Å². The molecule has 1 aromatic carbocycles. The zero-order valence-electron chi connectivity index (χ0n) is 11.8. The maximum atomic E-state index is 12.6. The van der Waals surface area contributed by atoms with Gasteiger partial charge < -0.3 is 5.32 Å². The van der Waals surface area contributed by atoms with Gasteiger partial charge in [-0.15, -0.1) is 0 Å². The van der Waals surface area contributed by atoms with Crippen LogP contribution < -0.4 is 5.32 Å². The molecule has 106 valence electrons. The third kappa shape index (κ3) is 2.99. The minimum Gasteiger partial charge on any atom is -0.315 e. The molecule has 0 saturated carbocycles. The zero-order chi connectivity index (χ0) is 14.0. The SMILES string of the molecule is CC(C)c1cccc(S(=O)(=O)N(C)C2CCNC2)c1. The Morgan fingerprint density at radius 2 is 2.11 bits per heavy atom. The molecule has 1 aliphatic rings. The van der Waals surface area contributed by atoms with Crippen molar-refractivity contribution < 1.29 is 8.42 Å². The molecule has 0 spiro atoms. The normalized spacial score (nSPS) is 20.4. The maximum absolute atomic E-state index is 12.6. The van der Waals surface area contributed by atoms with Crippen molar-refractivity contribution in [1.29, 1.82) is 0 Å². The van der Waals surface area contributed by atoms with Crippen LogP contribution in [-0.4, -0.2) is 38.9 Å². The molecule has 0 amide bonds. The Morgan fingerprint density at radius 3 is 2.68 bits per heavy atom. The molecule has 0 aliphatic carbocycles. The Labute approximate surface area is 115 Å². The zero-order valence-corrected chi connectivity index (χ0v) is 12.6. The molecule has 0 bridgehead atoms. The summed E-state index contributed by atoms with van der Waals surface area (Å²) < 4.78 is 26.7. The van der Waals surface area contributed by atoms with Crippen LogP contribution >= 0.6 is 0 Å². The Kier molecular flexibility index (Phi) is 4.28. The first-order valence-electron chi connectivity index (χ1n) is 6.71. The molecular weight excluding hydrogens is 260 g/mol. The molecule has 5 heteroatoms. The fourth-order valence-electron chi connectivity index (χ4n) is 2.35. The Morgan fingerprint density at radius 1 is 1.37 bits per heavy atom. The number of hydrogen-bond donors (Lipinski definition) is 1. The number of sulfonamides is 1. The van der Waals surface area contributed by atoms with Gasteiger partial charge in [-0.25, -0.2) is 8.42 Å². The highest BCUT2D eigenvalue weighted by Gasteiger charge is 2.30. The van der Waals surface area contributed by atoms with E-state index >= 15 is 0 Å². The lowest BCUT2D eigenvalue weighted by molar-refractivity contribution is 0.387. The Bertz CT molecular complexity index is 534. The molecule has 1 aliphatic heterocycles. The van der Waals surface area contributed by atoms with Gasteiger partial charge in [-0.1, -0.05) is 26.0 Å². The molecule has 1 aromatic rings.